The maximum atomic E-state index is 2.50. The van der Waals surface area contributed by atoms with Gasteiger partial charge >= 0.3 is 0 Å². The van der Waals surface area contributed by atoms with Crippen molar-refractivity contribution in [3.63, 3.8) is 0 Å². The van der Waals surface area contributed by atoms with E-state index < -0.39 is 0 Å². The van der Waals surface area contributed by atoms with Crippen molar-refractivity contribution in [3.8, 4) is 0 Å². The summed E-state index contributed by atoms with van der Waals surface area (Å²) < 4.78 is 2.20. The molecule has 1 aromatic heterocycles. The van der Waals surface area contributed by atoms with E-state index in [1.165, 1.54) is 25.1 Å². The quantitative estimate of drug-likeness (QED) is 0.669. The lowest BCUT2D eigenvalue weighted by atomic mass is 10.1. The first-order valence-electron chi connectivity index (χ1n) is 5.00. The van der Waals surface area contributed by atoms with Crippen LogP contribution in [0.1, 0.15) is 18.5 Å². The molecule has 13 heavy (non-hydrogen) atoms. The van der Waals surface area contributed by atoms with Crippen LogP contribution in [-0.2, 0) is 13.6 Å². The fraction of sp³-hybridized carbons (Fsp3) is 0.545. The fourth-order valence-corrected chi connectivity index (χ4v) is 1.86. The number of nitrogens with zero attached hydrogens (tertiary/aromatic N) is 2. The molecule has 1 fully saturated rings. The Morgan fingerprint density at radius 3 is 3.00 bits per heavy atom. The van der Waals surface area contributed by atoms with Gasteiger partial charge in [-0.15, -0.1) is 0 Å². The molecule has 0 unspecified atom stereocenters. The van der Waals surface area contributed by atoms with E-state index in [1.807, 2.05) is 0 Å². The van der Waals surface area contributed by atoms with Crippen molar-refractivity contribution in [1.82, 2.24) is 9.47 Å². The van der Waals surface area contributed by atoms with Crippen molar-refractivity contribution in [2.75, 3.05) is 13.1 Å². The molecule has 0 aromatic carbocycles. The molecule has 0 spiro atoms. The van der Waals surface area contributed by atoms with Crippen molar-refractivity contribution in [1.29, 1.82) is 0 Å². The highest BCUT2D eigenvalue weighted by molar-refractivity contribution is 5.06. The number of hydrogen-bond donors (Lipinski definition) is 0. The van der Waals surface area contributed by atoms with Gasteiger partial charge in [0.15, 0.2) is 0 Å². The number of aryl methyl sites for hydroxylation is 1. The summed E-state index contributed by atoms with van der Waals surface area (Å²) in [5.41, 5.74) is 1.41. The van der Waals surface area contributed by atoms with Gasteiger partial charge in [-0.3, -0.25) is 4.90 Å². The van der Waals surface area contributed by atoms with Gasteiger partial charge in [0.05, 0.1) is 0 Å². The molecule has 0 aliphatic carbocycles. The first-order chi connectivity index (χ1) is 6.36. The second kappa shape index (κ2) is 3.97. The summed E-state index contributed by atoms with van der Waals surface area (Å²) in [6.45, 7) is 3.51. The molecule has 2 heterocycles. The highest BCUT2D eigenvalue weighted by Crippen LogP contribution is 2.11. The Kier molecular flexibility index (Phi) is 2.69. The van der Waals surface area contributed by atoms with Crippen LogP contribution >= 0.6 is 0 Å². The third-order valence-electron chi connectivity index (χ3n) is 2.71. The Labute approximate surface area is 80.2 Å². The molecule has 1 radical (unpaired) electrons. The topological polar surface area (TPSA) is 8.17 Å². The van der Waals surface area contributed by atoms with Crippen LogP contribution in [0.2, 0.25) is 0 Å². The average molecular weight is 177 g/mol. The minimum Gasteiger partial charge on any atom is -0.353 e. The molecule has 0 saturated carbocycles. The summed E-state index contributed by atoms with van der Waals surface area (Å²) >= 11 is 0. The Bertz CT molecular complexity index is 259. The maximum Gasteiger partial charge on any atom is 0.0387 e. The summed E-state index contributed by atoms with van der Waals surface area (Å²) in [5, 5.41) is 0. The summed E-state index contributed by atoms with van der Waals surface area (Å²) in [5.74, 6) is 0. The number of aromatic nitrogens is 1. The fourth-order valence-electron chi connectivity index (χ4n) is 1.86. The molecule has 0 amide bonds. The van der Waals surface area contributed by atoms with Gasteiger partial charge in [-0.2, -0.15) is 0 Å². The minimum absolute atomic E-state index is 1.10. The van der Waals surface area contributed by atoms with E-state index in [9.17, 15) is 0 Å². The van der Waals surface area contributed by atoms with Gasteiger partial charge < -0.3 is 4.57 Å². The molecule has 0 bridgehead atoms. The molecule has 0 N–H and O–H groups in total. The zero-order valence-corrected chi connectivity index (χ0v) is 8.24. The molecular weight excluding hydrogens is 160 g/mol. The lowest BCUT2D eigenvalue weighted by Gasteiger charge is -2.26. The summed E-state index contributed by atoms with van der Waals surface area (Å²) in [6.07, 6.45) is 7.11. The molecule has 2 heteroatoms. The van der Waals surface area contributed by atoms with Crippen LogP contribution in [0.25, 0.3) is 0 Å². The van der Waals surface area contributed by atoms with Crippen LogP contribution < -0.4 is 0 Å². The molecule has 0 atom stereocenters. The zero-order valence-electron chi connectivity index (χ0n) is 8.24. The van der Waals surface area contributed by atoms with Gasteiger partial charge in [0, 0.05) is 32.0 Å². The Morgan fingerprint density at radius 1 is 1.46 bits per heavy atom. The Balaban J connectivity index is 1.93. The van der Waals surface area contributed by atoms with Gasteiger partial charge in [-0.1, -0.05) is 0 Å². The monoisotopic (exact) mass is 177 g/mol. The van der Waals surface area contributed by atoms with E-state index in [2.05, 4.69) is 41.3 Å². The van der Waals surface area contributed by atoms with Gasteiger partial charge in [-0.05, 0) is 37.9 Å². The standard InChI is InChI=1S/C11H17N2/c1-12-7-5-6-11(12)10-13-8-3-2-4-9-13/h3,5-7H,2,4,8-10H2,1H3. The summed E-state index contributed by atoms with van der Waals surface area (Å²) in [6, 6.07) is 4.32. The van der Waals surface area contributed by atoms with Crippen LogP contribution in [0, 0.1) is 6.42 Å². The van der Waals surface area contributed by atoms with E-state index in [0.717, 1.165) is 13.1 Å². The van der Waals surface area contributed by atoms with Crippen LogP contribution in [0.4, 0.5) is 0 Å². The predicted molar refractivity (Wildman–Crippen MR) is 54.2 cm³/mol. The van der Waals surface area contributed by atoms with E-state index in [4.69, 9.17) is 0 Å². The van der Waals surface area contributed by atoms with Crippen molar-refractivity contribution in [2.45, 2.75) is 19.4 Å². The minimum atomic E-state index is 1.10. The molecule has 1 aliphatic heterocycles. The Morgan fingerprint density at radius 2 is 2.38 bits per heavy atom. The van der Waals surface area contributed by atoms with Gasteiger partial charge in [0.25, 0.3) is 0 Å². The second-order valence-electron chi connectivity index (χ2n) is 3.78. The Hall–Kier alpha value is -0.760. The highest BCUT2D eigenvalue weighted by Gasteiger charge is 2.11. The zero-order chi connectivity index (χ0) is 9.10. The van der Waals surface area contributed by atoms with Crippen LogP contribution in [-0.4, -0.2) is 22.6 Å². The van der Waals surface area contributed by atoms with E-state index >= 15 is 0 Å². The smallest absolute Gasteiger partial charge is 0.0387 e. The van der Waals surface area contributed by atoms with Crippen molar-refractivity contribution in [3.05, 3.63) is 30.4 Å². The third kappa shape index (κ3) is 2.13. The van der Waals surface area contributed by atoms with E-state index in [-0.39, 0.29) is 0 Å². The molecule has 2 nitrogen and oxygen atoms in total. The molecule has 1 aromatic rings. The lowest BCUT2D eigenvalue weighted by molar-refractivity contribution is 0.249. The maximum absolute atomic E-state index is 2.50. The first-order valence-corrected chi connectivity index (χ1v) is 5.00. The number of likely N-dealkylation sites (tertiary alicyclic amines) is 1. The summed E-state index contributed by atoms with van der Waals surface area (Å²) in [4.78, 5) is 2.50. The van der Waals surface area contributed by atoms with Crippen LogP contribution in [0.5, 0.6) is 0 Å². The normalized spacial score (nSPS) is 19.2. The van der Waals surface area contributed by atoms with E-state index in [1.54, 1.807) is 0 Å². The van der Waals surface area contributed by atoms with Crippen molar-refractivity contribution < 1.29 is 0 Å². The number of rotatable bonds is 2. The van der Waals surface area contributed by atoms with Gasteiger partial charge in [-0.25, -0.2) is 0 Å². The van der Waals surface area contributed by atoms with Crippen molar-refractivity contribution >= 4 is 0 Å². The molecule has 1 aliphatic rings. The predicted octanol–water partition coefficient (Wildman–Crippen LogP) is 1.83. The van der Waals surface area contributed by atoms with Gasteiger partial charge in [0.1, 0.15) is 0 Å². The average Bonchev–Trinajstić information content (AvgIpc) is 2.54. The van der Waals surface area contributed by atoms with Crippen molar-refractivity contribution in [2.24, 2.45) is 7.05 Å². The third-order valence-corrected chi connectivity index (χ3v) is 2.71. The van der Waals surface area contributed by atoms with Crippen LogP contribution in [0.3, 0.4) is 0 Å². The second-order valence-corrected chi connectivity index (χ2v) is 3.78. The number of piperidine rings is 1. The van der Waals surface area contributed by atoms with Gasteiger partial charge in [0.2, 0.25) is 0 Å². The molecule has 1 saturated heterocycles. The first kappa shape index (κ1) is 8.82. The number of hydrogen-bond acceptors (Lipinski definition) is 1. The van der Waals surface area contributed by atoms with E-state index in [0.29, 0.717) is 0 Å². The van der Waals surface area contributed by atoms with Crippen LogP contribution in [0.15, 0.2) is 18.3 Å². The molecule has 2 rings (SSSR count). The SMILES string of the molecule is Cn1cccc1CN1C[CH]CCC1. The summed E-state index contributed by atoms with van der Waals surface area (Å²) in [7, 11) is 2.11. The largest absolute Gasteiger partial charge is 0.353 e. The molecular formula is C11H17N2. The molecule has 71 valence electrons. The highest BCUT2D eigenvalue weighted by atomic mass is 15.1. The lowest BCUT2D eigenvalue weighted by Crippen LogP contribution is -2.30.